The molecule has 5 heteroatoms. The van der Waals surface area contributed by atoms with Gasteiger partial charge in [0.25, 0.3) is 0 Å². The van der Waals surface area contributed by atoms with E-state index in [1.165, 1.54) is 12.4 Å². The highest BCUT2D eigenvalue weighted by Crippen LogP contribution is 2.02. The van der Waals surface area contributed by atoms with Crippen LogP contribution in [0, 0.1) is 0 Å². The van der Waals surface area contributed by atoms with E-state index in [0.29, 0.717) is 11.0 Å². The van der Waals surface area contributed by atoms with E-state index in [9.17, 15) is 4.79 Å². The van der Waals surface area contributed by atoms with Gasteiger partial charge in [0.15, 0.2) is 5.69 Å². The Labute approximate surface area is 71.4 Å². The third-order valence-electron chi connectivity index (χ3n) is 1.08. The van der Waals surface area contributed by atoms with E-state index in [0.717, 1.165) is 0 Å². The van der Waals surface area contributed by atoms with Crippen LogP contribution in [-0.2, 0) is 5.33 Å². The quantitative estimate of drug-likeness (QED) is 0.752. The van der Waals surface area contributed by atoms with Gasteiger partial charge in [-0.2, -0.15) is 0 Å². The van der Waals surface area contributed by atoms with E-state index in [4.69, 9.17) is 5.11 Å². The molecule has 1 rings (SSSR count). The molecule has 1 N–H and O–H groups in total. The Hall–Kier alpha value is -0.970. The van der Waals surface area contributed by atoms with Crippen molar-refractivity contribution < 1.29 is 9.90 Å². The summed E-state index contributed by atoms with van der Waals surface area (Å²) in [7, 11) is 0. The molecular formula is C6H5BrN2O2. The maximum absolute atomic E-state index is 10.4. The first-order chi connectivity index (χ1) is 5.24. The van der Waals surface area contributed by atoms with Gasteiger partial charge in [0.05, 0.1) is 5.69 Å². The topological polar surface area (TPSA) is 63.1 Å². The molecule has 1 aromatic rings. The second-order valence-corrected chi connectivity index (χ2v) is 2.39. The van der Waals surface area contributed by atoms with Crippen molar-refractivity contribution in [3.8, 4) is 0 Å². The molecule has 0 spiro atoms. The molecule has 0 unspecified atom stereocenters. The van der Waals surface area contributed by atoms with Crippen LogP contribution in [0.3, 0.4) is 0 Å². The molecule has 0 saturated heterocycles. The molecule has 0 radical (unpaired) electrons. The van der Waals surface area contributed by atoms with Gasteiger partial charge >= 0.3 is 5.97 Å². The average molecular weight is 217 g/mol. The second-order valence-electron chi connectivity index (χ2n) is 1.83. The standard InChI is InChI=1S/C6H5BrN2O2/c7-2-4-1-5(6(10)11)9-3-8-4/h1,3H,2H2,(H,10,11). The van der Waals surface area contributed by atoms with E-state index < -0.39 is 5.97 Å². The molecule has 0 amide bonds. The van der Waals surface area contributed by atoms with Gasteiger partial charge < -0.3 is 5.11 Å². The molecule has 11 heavy (non-hydrogen) atoms. The predicted octanol–water partition coefficient (Wildman–Crippen LogP) is 1.07. The first-order valence-electron chi connectivity index (χ1n) is 2.84. The number of carboxylic acids is 1. The monoisotopic (exact) mass is 216 g/mol. The Balaban J connectivity index is 3.01. The Morgan fingerprint density at radius 2 is 2.36 bits per heavy atom. The average Bonchev–Trinajstić information content (AvgIpc) is 2.05. The van der Waals surface area contributed by atoms with Crippen LogP contribution in [0.4, 0.5) is 0 Å². The Morgan fingerprint density at radius 3 is 2.91 bits per heavy atom. The van der Waals surface area contributed by atoms with Gasteiger partial charge in [-0.05, 0) is 6.07 Å². The molecule has 4 nitrogen and oxygen atoms in total. The highest BCUT2D eigenvalue weighted by Gasteiger charge is 2.04. The van der Waals surface area contributed by atoms with Crippen LogP contribution in [0.25, 0.3) is 0 Å². The van der Waals surface area contributed by atoms with Crippen molar-refractivity contribution in [3.63, 3.8) is 0 Å². The van der Waals surface area contributed by atoms with Crippen LogP contribution < -0.4 is 0 Å². The van der Waals surface area contributed by atoms with Gasteiger partial charge in [0.1, 0.15) is 6.33 Å². The fourth-order valence-electron chi connectivity index (χ4n) is 0.588. The summed E-state index contributed by atoms with van der Waals surface area (Å²) in [6.07, 6.45) is 1.24. The summed E-state index contributed by atoms with van der Waals surface area (Å²) in [6, 6.07) is 1.43. The lowest BCUT2D eigenvalue weighted by molar-refractivity contribution is 0.0690. The van der Waals surface area contributed by atoms with Crippen molar-refractivity contribution in [2.75, 3.05) is 0 Å². The van der Waals surface area contributed by atoms with Crippen molar-refractivity contribution in [1.29, 1.82) is 0 Å². The summed E-state index contributed by atoms with van der Waals surface area (Å²) >= 11 is 3.16. The summed E-state index contributed by atoms with van der Waals surface area (Å²) in [6.45, 7) is 0. The van der Waals surface area contributed by atoms with E-state index in [1.807, 2.05) is 0 Å². The van der Waals surface area contributed by atoms with Crippen molar-refractivity contribution in [2.24, 2.45) is 0 Å². The largest absolute Gasteiger partial charge is 0.477 e. The molecule has 0 aliphatic heterocycles. The van der Waals surface area contributed by atoms with Crippen LogP contribution >= 0.6 is 15.9 Å². The summed E-state index contributed by atoms with van der Waals surface area (Å²) < 4.78 is 0. The number of aromatic carboxylic acids is 1. The molecule has 0 aromatic carbocycles. The van der Waals surface area contributed by atoms with Crippen LogP contribution in [0.15, 0.2) is 12.4 Å². The fourth-order valence-corrected chi connectivity index (χ4v) is 0.894. The van der Waals surface area contributed by atoms with E-state index in [2.05, 4.69) is 25.9 Å². The normalized spacial score (nSPS) is 9.55. The van der Waals surface area contributed by atoms with Gasteiger partial charge in [0, 0.05) is 5.33 Å². The molecule has 0 aliphatic carbocycles. The number of rotatable bonds is 2. The highest BCUT2D eigenvalue weighted by atomic mass is 79.9. The van der Waals surface area contributed by atoms with E-state index in [-0.39, 0.29) is 5.69 Å². The minimum absolute atomic E-state index is 0.0226. The molecule has 0 atom stereocenters. The first-order valence-corrected chi connectivity index (χ1v) is 3.96. The van der Waals surface area contributed by atoms with Crippen molar-refractivity contribution in [2.45, 2.75) is 5.33 Å². The maximum atomic E-state index is 10.4. The zero-order chi connectivity index (χ0) is 8.27. The summed E-state index contributed by atoms with van der Waals surface area (Å²) in [4.78, 5) is 17.7. The van der Waals surface area contributed by atoms with Gasteiger partial charge in [-0.15, -0.1) is 0 Å². The SMILES string of the molecule is O=C(O)c1cc(CBr)ncn1. The zero-order valence-corrected chi connectivity index (χ0v) is 7.08. The van der Waals surface area contributed by atoms with Crippen LogP contribution in [0.5, 0.6) is 0 Å². The lowest BCUT2D eigenvalue weighted by Gasteiger charge is -1.94. The smallest absolute Gasteiger partial charge is 0.354 e. The highest BCUT2D eigenvalue weighted by molar-refractivity contribution is 9.08. The molecule has 1 heterocycles. The summed E-state index contributed by atoms with van der Waals surface area (Å²) in [5.41, 5.74) is 0.687. The number of nitrogens with zero attached hydrogens (tertiary/aromatic N) is 2. The number of carboxylic acid groups (broad SMARTS) is 1. The Bertz CT molecular complexity index is 277. The van der Waals surface area contributed by atoms with Crippen LogP contribution in [0.1, 0.15) is 16.2 Å². The Morgan fingerprint density at radius 1 is 1.64 bits per heavy atom. The number of hydrogen-bond donors (Lipinski definition) is 1. The summed E-state index contributed by atoms with van der Waals surface area (Å²) in [5, 5.41) is 9.04. The molecule has 58 valence electrons. The molecule has 0 bridgehead atoms. The minimum atomic E-state index is -1.03. The van der Waals surface area contributed by atoms with Crippen molar-refractivity contribution in [1.82, 2.24) is 9.97 Å². The third-order valence-corrected chi connectivity index (χ3v) is 1.65. The van der Waals surface area contributed by atoms with Gasteiger partial charge in [-0.1, -0.05) is 15.9 Å². The third kappa shape index (κ3) is 1.98. The lowest BCUT2D eigenvalue weighted by atomic mass is 10.3. The van der Waals surface area contributed by atoms with Crippen LogP contribution in [0.2, 0.25) is 0 Å². The van der Waals surface area contributed by atoms with Gasteiger partial charge in [0.2, 0.25) is 0 Å². The number of halogens is 1. The van der Waals surface area contributed by atoms with E-state index in [1.54, 1.807) is 0 Å². The number of aromatic nitrogens is 2. The van der Waals surface area contributed by atoms with Crippen LogP contribution in [-0.4, -0.2) is 21.0 Å². The summed E-state index contributed by atoms with van der Waals surface area (Å²) in [5.74, 6) is -1.03. The lowest BCUT2D eigenvalue weighted by Crippen LogP contribution is -2.01. The molecule has 0 fully saturated rings. The maximum Gasteiger partial charge on any atom is 0.354 e. The van der Waals surface area contributed by atoms with Gasteiger partial charge in [-0.25, -0.2) is 14.8 Å². The number of hydrogen-bond acceptors (Lipinski definition) is 3. The van der Waals surface area contributed by atoms with E-state index >= 15 is 0 Å². The molecular weight excluding hydrogens is 212 g/mol. The van der Waals surface area contributed by atoms with Gasteiger partial charge in [-0.3, -0.25) is 0 Å². The zero-order valence-electron chi connectivity index (χ0n) is 5.49. The predicted molar refractivity (Wildman–Crippen MR) is 41.6 cm³/mol. The molecule has 0 saturated carbocycles. The number of carbonyl (C=O) groups is 1. The molecule has 1 aromatic heterocycles. The molecule has 0 aliphatic rings. The number of alkyl halides is 1. The van der Waals surface area contributed by atoms with Crippen molar-refractivity contribution in [3.05, 3.63) is 23.8 Å². The first kappa shape index (κ1) is 8.13. The second kappa shape index (κ2) is 3.43. The van der Waals surface area contributed by atoms with Crippen molar-refractivity contribution >= 4 is 21.9 Å². The Kier molecular flexibility index (Phi) is 2.53. The minimum Gasteiger partial charge on any atom is -0.477 e. The fraction of sp³-hybridized carbons (Fsp3) is 0.167.